The molecule has 1 aliphatic heterocycles. The molecule has 0 spiro atoms. The third-order valence-corrected chi connectivity index (χ3v) is 5.48. The third-order valence-electron chi connectivity index (χ3n) is 5.48. The van der Waals surface area contributed by atoms with Gasteiger partial charge in [0.1, 0.15) is 17.3 Å². The number of amides is 1. The molecule has 31 heavy (non-hydrogen) atoms. The van der Waals surface area contributed by atoms with Gasteiger partial charge in [-0.2, -0.15) is 0 Å². The number of carbonyl (C=O) groups is 1. The molecule has 162 valence electrons. The Morgan fingerprint density at radius 2 is 1.81 bits per heavy atom. The predicted octanol–water partition coefficient (Wildman–Crippen LogP) is 3.57. The van der Waals surface area contributed by atoms with Gasteiger partial charge in [-0.05, 0) is 54.6 Å². The van der Waals surface area contributed by atoms with Crippen LogP contribution in [0.1, 0.15) is 17.6 Å². The molecule has 2 aromatic heterocycles. The molecule has 1 saturated heterocycles. The molecule has 7 nitrogen and oxygen atoms in total. The number of nitrogens with one attached hydrogen (secondary N) is 1. The van der Waals surface area contributed by atoms with Crippen molar-refractivity contribution < 1.29 is 18.4 Å². The fourth-order valence-electron chi connectivity index (χ4n) is 3.78. The SMILES string of the molecule is COc1ccc(N2CCN(C(CNC(=O)/C=C/c3ccco3)c3ccco3)CC2)cc1. The number of benzene rings is 1. The molecule has 0 aliphatic carbocycles. The largest absolute Gasteiger partial charge is 0.497 e. The van der Waals surface area contributed by atoms with Crippen molar-refractivity contribution in [2.45, 2.75) is 6.04 Å². The van der Waals surface area contributed by atoms with E-state index >= 15 is 0 Å². The van der Waals surface area contributed by atoms with Crippen LogP contribution in [-0.4, -0.2) is 50.6 Å². The summed E-state index contributed by atoms with van der Waals surface area (Å²) in [7, 11) is 1.67. The summed E-state index contributed by atoms with van der Waals surface area (Å²) in [5.74, 6) is 2.20. The number of methoxy groups -OCH3 is 1. The highest BCUT2D eigenvalue weighted by molar-refractivity contribution is 5.91. The average molecular weight is 421 g/mol. The van der Waals surface area contributed by atoms with Crippen LogP contribution < -0.4 is 15.0 Å². The van der Waals surface area contributed by atoms with Crippen molar-refractivity contribution >= 4 is 17.7 Å². The van der Waals surface area contributed by atoms with Gasteiger partial charge in [0.25, 0.3) is 0 Å². The minimum absolute atomic E-state index is 0.0195. The first-order valence-corrected chi connectivity index (χ1v) is 10.4. The van der Waals surface area contributed by atoms with Crippen molar-refractivity contribution in [1.29, 1.82) is 0 Å². The van der Waals surface area contributed by atoms with E-state index in [1.165, 1.54) is 11.8 Å². The first kappa shape index (κ1) is 20.8. The molecule has 1 N–H and O–H groups in total. The topological polar surface area (TPSA) is 71.1 Å². The van der Waals surface area contributed by atoms with Gasteiger partial charge in [-0.25, -0.2) is 0 Å². The number of hydrogen-bond donors (Lipinski definition) is 1. The van der Waals surface area contributed by atoms with Crippen molar-refractivity contribution in [2.75, 3.05) is 44.7 Å². The number of anilines is 1. The smallest absolute Gasteiger partial charge is 0.244 e. The predicted molar refractivity (Wildman–Crippen MR) is 119 cm³/mol. The van der Waals surface area contributed by atoms with E-state index in [9.17, 15) is 4.79 Å². The number of ether oxygens (including phenoxy) is 1. The van der Waals surface area contributed by atoms with Gasteiger partial charge in [-0.3, -0.25) is 9.69 Å². The van der Waals surface area contributed by atoms with Crippen molar-refractivity contribution in [3.63, 3.8) is 0 Å². The molecule has 1 aromatic carbocycles. The molecule has 4 rings (SSSR count). The molecule has 7 heteroatoms. The number of carbonyl (C=O) groups excluding carboxylic acids is 1. The van der Waals surface area contributed by atoms with Gasteiger partial charge in [-0.15, -0.1) is 0 Å². The lowest BCUT2D eigenvalue weighted by Crippen LogP contribution is -2.49. The molecular weight excluding hydrogens is 394 g/mol. The summed E-state index contributed by atoms with van der Waals surface area (Å²) in [5.41, 5.74) is 1.19. The summed E-state index contributed by atoms with van der Waals surface area (Å²) in [4.78, 5) is 17.0. The lowest BCUT2D eigenvalue weighted by atomic mass is 10.1. The maximum absolute atomic E-state index is 12.3. The number of hydrogen-bond acceptors (Lipinski definition) is 6. The zero-order valence-electron chi connectivity index (χ0n) is 17.6. The van der Waals surface area contributed by atoms with Crippen molar-refractivity contribution in [1.82, 2.24) is 10.2 Å². The number of rotatable bonds is 8. The second kappa shape index (κ2) is 10.0. The van der Waals surface area contributed by atoms with Crippen molar-refractivity contribution in [2.24, 2.45) is 0 Å². The maximum atomic E-state index is 12.3. The minimum atomic E-state index is -0.162. The monoisotopic (exact) mass is 421 g/mol. The number of nitrogens with zero attached hydrogens (tertiary/aromatic N) is 2. The Labute approximate surface area is 181 Å². The minimum Gasteiger partial charge on any atom is -0.497 e. The van der Waals surface area contributed by atoms with Crippen LogP contribution in [0.3, 0.4) is 0 Å². The van der Waals surface area contributed by atoms with E-state index < -0.39 is 0 Å². The summed E-state index contributed by atoms with van der Waals surface area (Å²) in [5, 5.41) is 2.99. The van der Waals surface area contributed by atoms with Gasteiger partial charge >= 0.3 is 0 Å². The van der Waals surface area contributed by atoms with Crippen LogP contribution in [0.4, 0.5) is 5.69 Å². The van der Waals surface area contributed by atoms with Crippen LogP contribution in [-0.2, 0) is 4.79 Å². The quantitative estimate of drug-likeness (QED) is 0.561. The molecule has 1 amide bonds. The molecule has 1 unspecified atom stereocenters. The zero-order valence-corrected chi connectivity index (χ0v) is 17.6. The van der Waals surface area contributed by atoms with Crippen LogP contribution >= 0.6 is 0 Å². The third kappa shape index (κ3) is 5.38. The lowest BCUT2D eigenvalue weighted by molar-refractivity contribution is -0.116. The summed E-state index contributed by atoms with van der Waals surface area (Å²) in [6, 6.07) is 15.6. The highest BCUT2D eigenvalue weighted by Crippen LogP contribution is 2.25. The second-order valence-electron chi connectivity index (χ2n) is 7.35. The molecule has 0 saturated carbocycles. The van der Waals surface area contributed by atoms with Crippen LogP contribution in [0.25, 0.3) is 6.08 Å². The van der Waals surface area contributed by atoms with E-state index in [0.717, 1.165) is 37.7 Å². The van der Waals surface area contributed by atoms with Gasteiger partial charge in [0.2, 0.25) is 5.91 Å². The van der Waals surface area contributed by atoms with Crippen molar-refractivity contribution in [3.05, 3.63) is 78.7 Å². The fraction of sp³-hybridized carbons (Fsp3) is 0.292. The van der Waals surface area contributed by atoms with E-state index in [1.54, 1.807) is 37.8 Å². The fourth-order valence-corrected chi connectivity index (χ4v) is 3.78. The van der Waals surface area contributed by atoms with E-state index in [4.69, 9.17) is 13.6 Å². The van der Waals surface area contributed by atoms with Gasteiger partial charge in [-0.1, -0.05) is 0 Å². The second-order valence-corrected chi connectivity index (χ2v) is 7.35. The standard InChI is InChI=1S/C24H27N3O4/c1-29-20-8-6-19(7-9-20)26-12-14-27(15-13-26)22(23-5-3-17-31-23)18-25-24(28)11-10-21-4-2-16-30-21/h2-11,16-17,22H,12-15,18H2,1H3,(H,25,28)/b11-10+. The first-order valence-electron chi connectivity index (χ1n) is 10.4. The average Bonchev–Trinajstić information content (AvgIpc) is 3.53. The molecule has 3 heterocycles. The Balaban J connectivity index is 1.35. The Morgan fingerprint density at radius 3 is 2.45 bits per heavy atom. The summed E-state index contributed by atoms with van der Waals surface area (Å²) < 4.78 is 16.2. The molecule has 1 atom stereocenters. The molecule has 1 aliphatic rings. The number of piperazine rings is 1. The molecular formula is C24H27N3O4. The molecule has 0 bridgehead atoms. The lowest BCUT2D eigenvalue weighted by Gasteiger charge is -2.39. The van der Waals surface area contributed by atoms with Crippen molar-refractivity contribution in [3.8, 4) is 5.75 Å². The van der Waals surface area contributed by atoms with E-state index in [1.807, 2.05) is 24.3 Å². The van der Waals surface area contributed by atoms with Gasteiger partial charge in [0.05, 0.1) is 25.7 Å². The van der Waals surface area contributed by atoms with E-state index in [-0.39, 0.29) is 11.9 Å². The molecule has 0 radical (unpaired) electrons. The summed E-state index contributed by atoms with van der Waals surface area (Å²) in [6.07, 6.45) is 6.40. The highest BCUT2D eigenvalue weighted by atomic mass is 16.5. The molecule has 3 aromatic rings. The normalized spacial score (nSPS) is 15.8. The van der Waals surface area contributed by atoms with Crippen LogP contribution in [0, 0.1) is 0 Å². The maximum Gasteiger partial charge on any atom is 0.244 e. The van der Waals surface area contributed by atoms with Crippen LogP contribution in [0.15, 0.2) is 76.0 Å². The number of furan rings is 2. The van der Waals surface area contributed by atoms with E-state index in [2.05, 4.69) is 27.2 Å². The van der Waals surface area contributed by atoms with Crippen LogP contribution in [0.2, 0.25) is 0 Å². The van der Waals surface area contributed by atoms with E-state index in [0.29, 0.717) is 12.3 Å². The Bertz CT molecular complexity index is 957. The van der Waals surface area contributed by atoms with Gasteiger partial charge in [0, 0.05) is 44.5 Å². The first-order chi connectivity index (χ1) is 15.2. The van der Waals surface area contributed by atoms with Gasteiger partial charge < -0.3 is 23.8 Å². The Morgan fingerprint density at radius 1 is 1.06 bits per heavy atom. The summed E-state index contributed by atoms with van der Waals surface area (Å²) in [6.45, 7) is 4.01. The Kier molecular flexibility index (Phi) is 6.74. The zero-order chi connectivity index (χ0) is 21.5. The van der Waals surface area contributed by atoms with Crippen LogP contribution in [0.5, 0.6) is 5.75 Å². The highest BCUT2D eigenvalue weighted by Gasteiger charge is 2.27. The summed E-state index contributed by atoms with van der Waals surface area (Å²) >= 11 is 0. The Hall–Kier alpha value is -3.45. The molecule has 1 fully saturated rings. The van der Waals surface area contributed by atoms with Gasteiger partial charge in [0.15, 0.2) is 0 Å².